The molecule has 5 rings (SSSR count). The molecule has 4 aromatic rings. The number of nitrogens with zero attached hydrogens (tertiary/aromatic N) is 8. The third-order valence-corrected chi connectivity index (χ3v) is 5.47. The summed E-state index contributed by atoms with van der Waals surface area (Å²) >= 11 is 0. The molecular weight excluding hydrogens is 406 g/mol. The summed E-state index contributed by atoms with van der Waals surface area (Å²) in [6.45, 7) is 3.86. The van der Waals surface area contributed by atoms with E-state index in [4.69, 9.17) is 0 Å². The van der Waals surface area contributed by atoms with E-state index in [0.29, 0.717) is 12.2 Å². The van der Waals surface area contributed by atoms with Gasteiger partial charge in [0.25, 0.3) is 0 Å². The van der Waals surface area contributed by atoms with Crippen LogP contribution in [0.5, 0.6) is 0 Å². The Balaban J connectivity index is 1.26. The fourth-order valence-corrected chi connectivity index (χ4v) is 3.83. The lowest BCUT2D eigenvalue weighted by atomic mass is 10.2. The Hall–Kier alpha value is -4.08. The van der Waals surface area contributed by atoms with Gasteiger partial charge in [-0.1, -0.05) is 12.1 Å². The molecule has 4 aromatic heterocycles. The molecule has 0 atom stereocenters. The first-order chi connectivity index (χ1) is 15.8. The summed E-state index contributed by atoms with van der Waals surface area (Å²) in [6, 6.07) is 9.72. The van der Waals surface area contributed by atoms with Gasteiger partial charge in [-0.25, -0.2) is 19.6 Å². The van der Waals surface area contributed by atoms with Crippen molar-refractivity contribution in [3.05, 3.63) is 67.0 Å². The molecule has 1 fully saturated rings. The van der Waals surface area contributed by atoms with E-state index in [1.807, 2.05) is 36.5 Å². The van der Waals surface area contributed by atoms with Crippen LogP contribution in [0.4, 0.5) is 11.6 Å². The molecule has 10 heteroatoms. The standard InChI is InChI=1S/C22H23N9O/c32-20(25-13-17-4-3-6-23-12-17)15-31-22-18(14-28-31)21(26-16-27-22)30-10-8-29(9-11-30)19-5-1-2-7-24-19/h1-7,12,14,16H,8-11,13,15H2,(H,25,32). The largest absolute Gasteiger partial charge is 0.353 e. The maximum absolute atomic E-state index is 12.4. The summed E-state index contributed by atoms with van der Waals surface area (Å²) < 4.78 is 1.61. The average Bonchev–Trinajstić information content (AvgIpc) is 3.27. The summed E-state index contributed by atoms with van der Waals surface area (Å²) in [5, 5.41) is 8.14. The molecule has 1 N–H and O–H groups in total. The van der Waals surface area contributed by atoms with Crippen molar-refractivity contribution in [3.8, 4) is 0 Å². The van der Waals surface area contributed by atoms with Crippen molar-refractivity contribution in [1.82, 2.24) is 35.0 Å². The SMILES string of the molecule is O=C(Cn1ncc2c(N3CCN(c4ccccn4)CC3)ncnc21)NCc1cccnc1. The van der Waals surface area contributed by atoms with Gasteiger partial charge in [-0.05, 0) is 23.8 Å². The number of piperazine rings is 1. The first-order valence-electron chi connectivity index (χ1n) is 10.5. The number of fused-ring (bicyclic) bond motifs is 1. The Bertz CT molecular complexity index is 1190. The minimum Gasteiger partial charge on any atom is -0.353 e. The number of hydrogen-bond acceptors (Lipinski definition) is 8. The van der Waals surface area contributed by atoms with Gasteiger partial charge in [-0.3, -0.25) is 9.78 Å². The third-order valence-electron chi connectivity index (χ3n) is 5.47. The second-order valence-electron chi connectivity index (χ2n) is 7.54. The van der Waals surface area contributed by atoms with Gasteiger partial charge < -0.3 is 15.1 Å². The van der Waals surface area contributed by atoms with Crippen LogP contribution in [0.1, 0.15) is 5.56 Å². The van der Waals surface area contributed by atoms with E-state index < -0.39 is 0 Å². The number of anilines is 2. The zero-order valence-corrected chi connectivity index (χ0v) is 17.5. The quantitative estimate of drug-likeness (QED) is 0.488. The van der Waals surface area contributed by atoms with Crippen LogP contribution in [-0.4, -0.2) is 61.8 Å². The van der Waals surface area contributed by atoms with Gasteiger partial charge in [0.05, 0.1) is 11.6 Å². The fraction of sp³-hybridized carbons (Fsp3) is 0.273. The summed E-state index contributed by atoms with van der Waals surface area (Å²) in [5.74, 6) is 1.70. The summed E-state index contributed by atoms with van der Waals surface area (Å²) in [7, 11) is 0. The topological polar surface area (TPSA) is 105 Å². The first-order valence-corrected chi connectivity index (χ1v) is 10.5. The van der Waals surface area contributed by atoms with Crippen LogP contribution in [0.15, 0.2) is 61.4 Å². The molecule has 10 nitrogen and oxygen atoms in total. The average molecular weight is 429 g/mol. The lowest BCUT2D eigenvalue weighted by Gasteiger charge is -2.36. The second kappa shape index (κ2) is 8.96. The smallest absolute Gasteiger partial charge is 0.242 e. The van der Waals surface area contributed by atoms with Crippen LogP contribution < -0.4 is 15.1 Å². The van der Waals surface area contributed by atoms with Gasteiger partial charge in [0.1, 0.15) is 24.5 Å². The first kappa shape index (κ1) is 19.9. The molecule has 162 valence electrons. The molecule has 0 unspecified atom stereocenters. The van der Waals surface area contributed by atoms with E-state index >= 15 is 0 Å². The molecular formula is C22H23N9O. The highest BCUT2D eigenvalue weighted by Crippen LogP contribution is 2.24. The number of amides is 1. The van der Waals surface area contributed by atoms with Gasteiger partial charge in [-0.15, -0.1) is 0 Å². The van der Waals surface area contributed by atoms with Gasteiger partial charge in [0.15, 0.2) is 5.65 Å². The van der Waals surface area contributed by atoms with Crippen LogP contribution >= 0.6 is 0 Å². The van der Waals surface area contributed by atoms with Crippen molar-refractivity contribution in [3.63, 3.8) is 0 Å². The van der Waals surface area contributed by atoms with Crippen LogP contribution in [0, 0.1) is 0 Å². The van der Waals surface area contributed by atoms with Crippen molar-refractivity contribution >= 4 is 28.6 Å². The highest BCUT2D eigenvalue weighted by Gasteiger charge is 2.22. The zero-order valence-electron chi connectivity index (χ0n) is 17.5. The number of carbonyl (C=O) groups is 1. The van der Waals surface area contributed by atoms with Crippen LogP contribution in [0.2, 0.25) is 0 Å². The van der Waals surface area contributed by atoms with Crippen LogP contribution in [0.25, 0.3) is 11.0 Å². The predicted octanol–water partition coefficient (Wildman–Crippen LogP) is 1.26. The number of nitrogens with one attached hydrogen (secondary N) is 1. The van der Waals surface area contributed by atoms with Crippen LogP contribution in [-0.2, 0) is 17.9 Å². The van der Waals surface area contributed by atoms with E-state index in [9.17, 15) is 4.79 Å². The molecule has 5 heterocycles. The zero-order chi connectivity index (χ0) is 21.8. The van der Waals surface area contributed by atoms with Crippen molar-refractivity contribution in [2.45, 2.75) is 13.1 Å². The summed E-state index contributed by atoms with van der Waals surface area (Å²) in [4.78, 5) is 34.3. The lowest BCUT2D eigenvalue weighted by molar-refractivity contribution is -0.121. The molecule has 32 heavy (non-hydrogen) atoms. The minimum absolute atomic E-state index is 0.0909. The Morgan fingerprint density at radius 1 is 0.938 bits per heavy atom. The Kier molecular flexibility index (Phi) is 5.56. The molecule has 1 amide bonds. The number of rotatable bonds is 6. The van der Waals surface area contributed by atoms with Crippen molar-refractivity contribution in [2.75, 3.05) is 36.0 Å². The molecule has 1 saturated heterocycles. The van der Waals surface area contributed by atoms with E-state index in [0.717, 1.165) is 48.8 Å². The van der Waals surface area contributed by atoms with Gasteiger partial charge in [0.2, 0.25) is 5.91 Å². The van der Waals surface area contributed by atoms with Gasteiger partial charge >= 0.3 is 0 Å². The lowest BCUT2D eigenvalue weighted by Crippen LogP contribution is -2.47. The molecule has 0 spiro atoms. The Morgan fingerprint density at radius 3 is 2.59 bits per heavy atom. The van der Waals surface area contributed by atoms with E-state index in [1.54, 1.807) is 23.3 Å². The van der Waals surface area contributed by atoms with Crippen molar-refractivity contribution in [2.24, 2.45) is 0 Å². The predicted molar refractivity (Wildman–Crippen MR) is 120 cm³/mol. The van der Waals surface area contributed by atoms with Crippen LogP contribution in [0.3, 0.4) is 0 Å². The Labute approximate surface area is 184 Å². The Morgan fingerprint density at radius 2 is 1.81 bits per heavy atom. The minimum atomic E-state index is -0.136. The van der Waals surface area contributed by atoms with E-state index in [2.05, 4.69) is 40.2 Å². The highest BCUT2D eigenvalue weighted by atomic mass is 16.2. The van der Waals surface area contributed by atoms with E-state index in [1.165, 1.54) is 6.33 Å². The summed E-state index contributed by atoms with van der Waals surface area (Å²) in [5.41, 5.74) is 1.60. The van der Waals surface area contributed by atoms with Crippen molar-refractivity contribution < 1.29 is 4.79 Å². The highest BCUT2D eigenvalue weighted by molar-refractivity contribution is 5.88. The van der Waals surface area contributed by atoms with Gasteiger partial charge in [0, 0.05) is 51.3 Å². The molecule has 0 bridgehead atoms. The van der Waals surface area contributed by atoms with Crippen molar-refractivity contribution in [1.29, 1.82) is 0 Å². The molecule has 1 aliphatic rings. The molecule has 1 aliphatic heterocycles. The third kappa shape index (κ3) is 4.20. The van der Waals surface area contributed by atoms with E-state index in [-0.39, 0.29) is 12.5 Å². The molecule has 0 saturated carbocycles. The molecule has 0 aromatic carbocycles. The number of hydrogen-bond donors (Lipinski definition) is 1. The maximum Gasteiger partial charge on any atom is 0.242 e. The van der Waals surface area contributed by atoms with Gasteiger partial charge in [-0.2, -0.15) is 5.10 Å². The second-order valence-corrected chi connectivity index (χ2v) is 7.54. The fourth-order valence-electron chi connectivity index (χ4n) is 3.83. The number of aromatic nitrogens is 6. The number of carbonyl (C=O) groups excluding carboxylic acids is 1. The molecule has 0 radical (unpaired) electrons. The summed E-state index contributed by atoms with van der Waals surface area (Å²) in [6.07, 6.45) is 8.53. The molecule has 0 aliphatic carbocycles. The normalized spacial score (nSPS) is 14.0. The number of pyridine rings is 2. The monoisotopic (exact) mass is 429 g/mol. The maximum atomic E-state index is 12.4.